The third-order valence-corrected chi connectivity index (χ3v) is 7.60. The molecule has 1 unspecified atom stereocenters. The van der Waals surface area contributed by atoms with Crippen LogP contribution in [0, 0.1) is 5.92 Å². The molecule has 3 fully saturated rings. The molecule has 1 amide bonds. The van der Waals surface area contributed by atoms with Crippen molar-refractivity contribution < 1.29 is 18.0 Å². The van der Waals surface area contributed by atoms with Crippen LogP contribution in [0.1, 0.15) is 34.5 Å². The van der Waals surface area contributed by atoms with Gasteiger partial charge < -0.3 is 10.2 Å². The highest BCUT2D eigenvalue weighted by Gasteiger charge is 2.32. The van der Waals surface area contributed by atoms with Crippen molar-refractivity contribution >= 4 is 29.0 Å². The first-order valence-corrected chi connectivity index (χ1v) is 11.0. The third kappa shape index (κ3) is 4.72. The molecule has 4 heterocycles. The summed E-state index contributed by atoms with van der Waals surface area (Å²) in [7, 11) is 0. The van der Waals surface area contributed by atoms with Crippen LogP contribution in [0.2, 0.25) is 0 Å². The molecule has 0 saturated carbocycles. The van der Waals surface area contributed by atoms with E-state index in [-0.39, 0.29) is 11.9 Å². The van der Waals surface area contributed by atoms with Crippen molar-refractivity contribution in [2.45, 2.75) is 40.6 Å². The van der Waals surface area contributed by atoms with Gasteiger partial charge in [0.15, 0.2) is 0 Å². The van der Waals surface area contributed by atoms with Crippen LogP contribution in [0.25, 0.3) is 0 Å². The van der Waals surface area contributed by atoms with E-state index in [1.807, 2.05) is 0 Å². The fraction of sp³-hybridized carbons (Fsp3) is 0.450. The number of carbonyl (C=O) groups is 1. The second kappa shape index (κ2) is 8.08. The number of rotatable bonds is 4. The van der Waals surface area contributed by atoms with Crippen molar-refractivity contribution in [3.05, 3.63) is 46.8 Å². The summed E-state index contributed by atoms with van der Waals surface area (Å²) in [6.07, 6.45) is -0.830. The summed E-state index contributed by atoms with van der Waals surface area (Å²) < 4.78 is 38.7. The average molecular weight is 427 g/mol. The zero-order valence-electron chi connectivity index (χ0n) is 15.2. The number of piperidine rings is 1. The van der Waals surface area contributed by atoms with Gasteiger partial charge >= 0.3 is 6.18 Å². The molecule has 1 N–H and O–H groups in total. The van der Waals surface area contributed by atoms with Gasteiger partial charge in [-0.15, -0.1) is 11.3 Å². The number of carbonyl (C=O) groups excluding carboxylic acids is 1. The minimum atomic E-state index is -4.31. The van der Waals surface area contributed by atoms with Gasteiger partial charge in [0.2, 0.25) is 0 Å². The molecule has 1 aromatic carbocycles. The largest absolute Gasteiger partial charge is 0.425 e. The molecule has 28 heavy (non-hydrogen) atoms. The maximum absolute atomic E-state index is 12.7. The minimum Gasteiger partial charge on any atom is -0.348 e. The smallest absolute Gasteiger partial charge is 0.348 e. The highest BCUT2D eigenvalue weighted by Crippen LogP contribution is 2.40. The summed E-state index contributed by atoms with van der Waals surface area (Å²) in [5.74, 6) is 0.620. The number of hydrogen-bond acceptors (Lipinski definition) is 4. The van der Waals surface area contributed by atoms with Gasteiger partial charge in [0.25, 0.3) is 5.91 Å². The van der Waals surface area contributed by atoms with Gasteiger partial charge in [-0.1, -0.05) is 11.8 Å². The van der Waals surface area contributed by atoms with Crippen molar-refractivity contribution in [3.8, 4) is 0 Å². The van der Waals surface area contributed by atoms with Crippen molar-refractivity contribution in [3.63, 3.8) is 0 Å². The number of amides is 1. The molecule has 3 nitrogen and oxygen atoms in total. The van der Waals surface area contributed by atoms with Crippen LogP contribution in [-0.4, -0.2) is 36.5 Å². The van der Waals surface area contributed by atoms with Crippen LogP contribution < -0.4 is 5.32 Å². The Kier molecular flexibility index (Phi) is 5.71. The Morgan fingerprint density at radius 1 is 1.11 bits per heavy atom. The van der Waals surface area contributed by atoms with Gasteiger partial charge in [0.05, 0.1) is 4.21 Å². The zero-order valence-corrected chi connectivity index (χ0v) is 16.8. The number of nitrogens with zero attached hydrogens (tertiary/aromatic N) is 1. The fourth-order valence-electron chi connectivity index (χ4n) is 3.88. The normalized spacial score (nSPS) is 24.8. The predicted octanol–water partition coefficient (Wildman–Crippen LogP) is 5.13. The summed E-state index contributed by atoms with van der Waals surface area (Å²) in [6, 6.07) is 9.81. The van der Waals surface area contributed by atoms with E-state index in [0.29, 0.717) is 15.7 Å². The molecular formula is C20H21F3N2OS2. The first kappa shape index (κ1) is 19.8. The lowest BCUT2D eigenvalue weighted by molar-refractivity contribution is -0.134. The summed E-state index contributed by atoms with van der Waals surface area (Å²) in [4.78, 5) is 15.2. The van der Waals surface area contributed by atoms with Crippen molar-refractivity contribution in [2.24, 2.45) is 5.92 Å². The first-order valence-electron chi connectivity index (χ1n) is 9.35. The highest BCUT2D eigenvalue weighted by molar-refractivity contribution is 8.01. The van der Waals surface area contributed by atoms with Gasteiger partial charge in [-0.05, 0) is 74.7 Å². The Morgan fingerprint density at radius 3 is 2.46 bits per heavy atom. The van der Waals surface area contributed by atoms with E-state index in [2.05, 4.69) is 10.2 Å². The van der Waals surface area contributed by atoms with E-state index < -0.39 is 11.1 Å². The summed E-state index contributed by atoms with van der Waals surface area (Å²) in [6.45, 7) is 3.17. The molecule has 3 saturated heterocycles. The third-order valence-electron chi connectivity index (χ3n) is 5.33. The van der Waals surface area contributed by atoms with Crippen LogP contribution in [0.4, 0.5) is 13.2 Å². The summed E-state index contributed by atoms with van der Waals surface area (Å²) >= 11 is 2.00. The Morgan fingerprint density at radius 2 is 1.82 bits per heavy atom. The Bertz CT molecular complexity index is 813. The number of halogens is 3. The van der Waals surface area contributed by atoms with E-state index in [0.717, 1.165) is 48.4 Å². The van der Waals surface area contributed by atoms with Crippen LogP contribution in [0.5, 0.6) is 0 Å². The topological polar surface area (TPSA) is 32.3 Å². The number of benzene rings is 1. The van der Waals surface area contributed by atoms with E-state index in [1.54, 1.807) is 24.3 Å². The molecule has 0 radical (unpaired) electrons. The summed E-state index contributed by atoms with van der Waals surface area (Å²) in [5, 5.41) is 3.15. The number of fused-ring (bicyclic) bond motifs is 4. The van der Waals surface area contributed by atoms with Crippen LogP contribution >= 0.6 is 23.1 Å². The maximum Gasteiger partial charge on any atom is 0.425 e. The first-order chi connectivity index (χ1) is 13.4. The van der Waals surface area contributed by atoms with Gasteiger partial charge in [-0.25, -0.2) is 0 Å². The molecule has 5 rings (SSSR count). The SMILES string of the molecule is O=C(NC1CC2CCN(CC2)C1)c1ccc(Sc2ccc(C(F)(F)F)s2)cc1. The van der Waals surface area contributed by atoms with Crippen molar-refractivity contribution in [2.75, 3.05) is 19.6 Å². The van der Waals surface area contributed by atoms with Crippen molar-refractivity contribution in [1.82, 2.24) is 10.2 Å². The lowest BCUT2D eigenvalue weighted by atomic mass is 9.94. The van der Waals surface area contributed by atoms with Crippen LogP contribution in [0.15, 0.2) is 45.5 Å². The number of alkyl halides is 3. The monoisotopic (exact) mass is 426 g/mol. The van der Waals surface area contributed by atoms with Gasteiger partial charge in [0, 0.05) is 23.0 Å². The lowest BCUT2D eigenvalue weighted by Crippen LogP contribution is -2.41. The average Bonchev–Trinajstić information content (AvgIpc) is 2.95. The van der Waals surface area contributed by atoms with Crippen molar-refractivity contribution in [1.29, 1.82) is 0 Å². The van der Waals surface area contributed by atoms with Gasteiger partial charge in [-0.3, -0.25) is 4.79 Å². The molecule has 3 aliphatic rings. The zero-order chi connectivity index (χ0) is 19.7. The highest BCUT2D eigenvalue weighted by atomic mass is 32.2. The quantitative estimate of drug-likeness (QED) is 0.735. The molecular weight excluding hydrogens is 405 g/mol. The molecule has 2 aromatic rings. The number of thiophene rings is 1. The van der Waals surface area contributed by atoms with E-state index >= 15 is 0 Å². The molecule has 3 aliphatic heterocycles. The minimum absolute atomic E-state index is 0.0838. The molecule has 2 bridgehead atoms. The van der Waals surface area contributed by atoms with Crippen LogP contribution in [-0.2, 0) is 6.18 Å². The Labute approximate surface area is 170 Å². The number of hydrogen-bond donors (Lipinski definition) is 1. The molecule has 1 aromatic heterocycles. The molecule has 0 aliphatic carbocycles. The fourth-order valence-corrected chi connectivity index (χ4v) is 5.85. The molecule has 8 heteroatoms. The summed E-state index contributed by atoms with van der Waals surface area (Å²) in [5.41, 5.74) is 0.582. The molecule has 150 valence electrons. The van der Waals surface area contributed by atoms with Gasteiger partial charge in [-0.2, -0.15) is 13.2 Å². The predicted molar refractivity (Wildman–Crippen MR) is 105 cm³/mol. The molecule has 0 spiro atoms. The standard InChI is InChI=1S/C20H21F3N2OS2/c21-20(22,23)17-5-6-18(28-17)27-16-3-1-14(2-4-16)19(26)24-15-11-13-7-9-25(12-15)10-8-13/h1-6,13,15H,7-12H2,(H,24,26). The van der Waals surface area contributed by atoms with E-state index in [9.17, 15) is 18.0 Å². The molecule has 1 atom stereocenters. The Balaban J connectivity index is 1.36. The van der Waals surface area contributed by atoms with E-state index in [1.165, 1.54) is 30.7 Å². The Hall–Kier alpha value is -1.51. The second-order valence-electron chi connectivity index (χ2n) is 7.39. The second-order valence-corrected chi connectivity index (χ2v) is 9.85. The number of nitrogens with one attached hydrogen (secondary N) is 1. The van der Waals surface area contributed by atoms with Crippen LogP contribution in [0.3, 0.4) is 0 Å². The van der Waals surface area contributed by atoms with Gasteiger partial charge in [0.1, 0.15) is 4.88 Å². The lowest BCUT2D eigenvalue weighted by Gasteiger charge is -2.26. The van der Waals surface area contributed by atoms with E-state index in [4.69, 9.17) is 0 Å². The maximum atomic E-state index is 12.7.